The summed E-state index contributed by atoms with van der Waals surface area (Å²) in [6, 6.07) is 8.19. The first kappa shape index (κ1) is 12.5. The highest BCUT2D eigenvalue weighted by Gasteiger charge is 2.53. The van der Waals surface area contributed by atoms with Gasteiger partial charge >= 0.3 is 0 Å². The van der Waals surface area contributed by atoms with Crippen molar-refractivity contribution in [1.29, 1.82) is 0 Å². The molecule has 17 heavy (non-hydrogen) atoms. The summed E-state index contributed by atoms with van der Waals surface area (Å²) in [5, 5.41) is 9.68. The van der Waals surface area contributed by atoms with Crippen LogP contribution >= 0.6 is 0 Å². The summed E-state index contributed by atoms with van der Waals surface area (Å²) in [4.78, 5) is 0.246. The van der Waals surface area contributed by atoms with Gasteiger partial charge in [-0.3, -0.25) is 0 Å². The van der Waals surface area contributed by atoms with E-state index in [2.05, 4.69) is 0 Å². The van der Waals surface area contributed by atoms with Crippen molar-refractivity contribution in [2.24, 2.45) is 0 Å². The fourth-order valence-electron chi connectivity index (χ4n) is 1.84. The minimum absolute atomic E-state index is 0.246. The molecule has 94 valence electrons. The maximum absolute atomic E-state index is 12.1. The lowest BCUT2D eigenvalue weighted by molar-refractivity contribution is 0.126. The quantitative estimate of drug-likeness (QED) is 0.807. The van der Waals surface area contributed by atoms with Crippen LogP contribution in [0, 0.1) is 0 Å². The van der Waals surface area contributed by atoms with E-state index in [1.807, 2.05) is 6.92 Å². The SMILES string of the molecule is CCC[C@H](O)[C@H]1O[C@@H]1S(=O)(=O)c1ccccc1. The molecule has 1 N–H and O–H groups in total. The fourth-order valence-corrected chi connectivity index (χ4v) is 3.45. The molecule has 5 heteroatoms. The van der Waals surface area contributed by atoms with Gasteiger partial charge in [0.1, 0.15) is 6.10 Å². The molecule has 0 amide bonds. The Hall–Kier alpha value is -0.910. The Bertz CT molecular complexity index is 469. The maximum Gasteiger partial charge on any atom is 0.207 e. The molecule has 4 nitrogen and oxygen atoms in total. The number of epoxide rings is 1. The highest BCUT2D eigenvalue weighted by molar-refractivity contribution is 7.92. The largest absolute Gasteiger partial charge is 0.390 e. The standard InChI is InChI=1S/C12H16O4S/c1-2-6-10(13)11-12(16-11)17(14,15)9-7-4-3-5-8-9/h3-5,7-8,10-13H,2,6H2,1H3/t10-,11+,12+/m0/s1. The molecule has 0 unspecified atom stereocenters. The van der Waals surface area contributed by atoms with Crippen LogP contribution in [0.15, 0.2) is 35.2 Å². The molecule has 0 bridgehead atoms. The minimum atomic E-state index is -3.46. The first-order valence-electron chi connectivity index (χ1n) is 5.70. The first-order chi connectivity index (χ1) is 8.07. The summed E-state index contributed by atoms with van der Waals surface area (Å²) in [6.07, 6.45) is 0.105. The van der Waals surface area contributed by atoms with Gasteiger partial charge in [0, 0.05) is 0 Å². The summed E-state index contributed by atoms with van der Waals surface area (Å²) in [7, 11) is -3.46. The highest BCUT2D eigenvalue weighted by atomic mass is 32.2. The minimum Gasteiger partial charge on any atom is -0.390 e. The van der Waals surface area contributed by atoms with Crippen LogP contribution in [0.2, 0.25) is 0 Å². The lowest BCUT2D eigenvalue weighted by Gasteiger charge is -2.05. The molecule has 0 aliphatic carbocycles. The molecule has 1 fully saturated rings. The second-order valence-corrected chi connectivity index (χ2v) is 6.21. The average Bonchev–Trinajstić information content (AvgIpc) is 3.11. The van der Waals surface area contributed by atoms with Crippen LogP contribution in [0.4, 0.5) is 0 Å². The number of rotatable bonds is 5. The molecule has 0 aromatic heterocycles. The molecule has 0 saturated carbocycles. The van der Waals surface area contributed by atoms with E-state index >= 15 is 0 Å². The molecule has 1 aromatic rings. The third-order valence-corrected chi connectivity index (χ3v) is 4.74. The Morgan fingerprint density at radius 1 is 1.35 bits per heavy atom. The molecule has 0 spiro atoms. The van der Waals surface area contributed by atoms with Gasteiger partial charge in [-0.15, -0.1) is 0 Å². The Balaban J connectivity index is 2.10. The molecule has 1 aliphatic rings. The second-order valence-electron chi connectivity index (χ2n) is 4.18. The van der Waals surface area contributed by atoms with Gasteiger partial charge in [-0.25, -0.2) is 8.42 Å². The predicted octanol–water partition coefficient (Wildman–Crippen LogP) is 1.35. The number of benzene rings is 1. The monoisotopic (exact) mass is 256 g/mol. The van der Waals surface area contributed by atoms with Crippen LogP contribution in [0.3, 0.4) is 0 Å². The van der Waals surface area contributed by atoms with E-state index in [1.54, 1.807) is 30.3 Å². The predicted molar refractivity (Wildman–Crippen MR) is 63.2 cm³/mol. The molecule has 0 radical (unpaired) electrons. The van der Waals surface area contributed by atoms with E-state index in [4.69, 9.17) is 4.74 Å². The molecule has 3 atom stereocenters. The molecule has 1 heterocycles. The van der Waals surface area contributed by atoms with Crippen LogP contribution in [-0.4, -0.2) is 31.2 Å². The van der Waals surface area contributed by atoms with Gasteiger partial charge in [0.05, 0.1) is 11.0 Å². The third kappa shape index (κ3) is 2.51. The zero-order valence-corrected chi connectivity index (χ0v) is 10.4. The van der Waals surface area contributed by atoms with Crippen LogP contribution in [0.5, 0.6) is 0 Å². The van der Waals surface area contributed by atoms with E-state index in [9.17, 15) is 13.5 Å². The summed E-state index contributed by atoms with van der Waals surface area (Å²) in [5.41, 5.74) is -0.883. The van der Waals surface area contributed by atoms with Gasteiger partial charge in [-0.05, 0) is 18.6 Å². The van der Waals surface area contributed by atoms with E-state index in [0.29, 0.717) is 6.42 Å². The fraction of sp³-hybridized carbons (Fsp3) is 0.500. The van der Waals surface area contributed by atoms with Crippen molar-refractivity contribution in [2.45, 2.75) is 42.3 Å². The Morgan fingerprint density at radius 3 is 2.59 bits per heavy atom. The molecule has 2 rings (SSSR count). The summed E-state index contributed by atoms with van der Waals surface area (Å²) < 4.78 is 29.3. The number of sulfone groups is 1. The number of aliphatic hydroxyl groups excluding tert-OH is 1. The topological polar surface area (TPSA) is 66.9 Å². The molecular weight excluding hydrogens is 240 g/mol. The second kappa shape index (κ2) is 4.76. The lowest BCUT2D eigenvalue weighted by Crippen LogP contribution is -2.20. The molecule has 1 aromatic carbocycles. The van der Waals surface area contributed by atoms with E-state index in [1.165, 1.54) is 0 Å². The smallest absolute Gasteiger partial charge is 0.207 e. The van der Waals surface area contributed by atoms with E-state index in [-0.39, 0.29) is 4.90 Å². The van der Waals surface area contributed by atoms with Crippen molar-refractivity contribution in [1.82, 2.24) is 0 Å². The summed E-state index contributed by atoms with van der Waals surface area (Å²) in [5.74, 6) is 0. The van der Waals surface area contributed by atoms with Gasteiger partial charge in [0.15, 0.2) is 5.44 Å². The van der Waals surface area contributed by atoms with Crippen molar-refractivity contribution < 1.29 is 18.3 Å². The zero-order chi connectivity index (χ0) is 12.5. The summed E-state index contributed by atoms with van der Waals surface area (Å²) in [6.45, 7) is 1.94. The van der Waals surface area contributed by atoms with Gasteiger partial charge in [0.25, 0.3) is 0 Å². The van der Waals surface area contributed by atoms with Crippen molar-refractivity contribution in [2.75, 3.05) is 0 Å². The van der Waals surface area contributed by atoms with Crippen molar-refractivity contribution in [3.8, 4) is 0 Å². The molecular formula is C12H16O4S. The first-order valence-corrected chi connectivity index (χ1v) is 7.24. The number of aliphatic hydroxyl groups is 1. The Morgan fingerprint density at radius 2 is 2.00 bits per heavy atom. The highest BCUT2D eigenvalue weighted by Crippen LogP contribution is 2.35. The molecule has 1 saturated heterocycles. The van der Waals surface area contributed by atoms with Crippen molar-refractivity contribution in [3.05, 3.63) is 30.3 Å². The molecule has 1 aliphatic heterocycles. The lowest BCUT2D eigenvalue weighted by atomic mass is 10.2. The number of ether oxygens (including phenoxy) is 1. The van der Waals surface area contributed by atoms with E-state index < -0.39 is 27.5 Å². The van der Waals surface area contributed by atoms with Gasteiger partial charge in [-0.2, -0.15) is 0 Å². The van der Waals surface area contributed by atoms with Crippen LogP contribution < -0.4 is 0 Å². The van der Waals surface area contributed by atoms with Crippen LogP contribution in [0.25, 0.3) is 0 Å². The van der Waals surface area contributed by atoms with Crippen LogP contribution in [0.1, 0.15) is 19.8 Å². The Kier molecular flexibility index (Phi) is 3.51. The Labute approximate surface area is 101 Å². The van der Waals surface area contributed by atoms with Gasteiger partial charge < -0.3 is 9.84 Å². The van der Waals surface area contributed by atoms with Gasteiger partial charge in [0.2, 0.25) is 9.84 Å². The summed E-state index contributed by atoms with van der Waals surface area (Å²) >= 11 is 0. The van der Waals surface area contributed by atoms with Crippen LogP contribution in [-0.2, 0) is 14.6 Å². The number of hydrogen-bond donors (Lipinski definition) is 1. The van der Waals surface area contributed by atoms with Crippen molar-refractivity contribution in [3.63, 3.8) is 0 Å². The van der Waals surface area contributed by atoms with Crippen molar-refractivity contribution >= 4 is 9.84 Å². The third-order valence-electron chi connectivity index (χ3n) is 2.82. The maximum atomic E-state index is 12.1. The average molecular weight is 256 g/mol. The normalized spacial score (nSPS) is 25.5. The van der Waals surface area contributed by atoms with E-state index in [0.717, 1.165) is 6.42 Å². The number of hydrogen-bond acceptors (Lipinski definition) is 4. The van der Waals surface area contributed by atoms with Gasteiger partial charge in [-0.1, -0.05) is 31.5 Å². The zero-order valence-electron chi connectivity index (χ0n) is 9.61.